The molecule has 1 fully saturated rings. The highest BCUT2D eigenvalue weighted by atomic mass is 32.1. The van der Waals surface area contributed by atoms with Crippen LogP contribution in [0.15, 0.2) is 64.7 Å². The standard InChI is InChI=1S/C17H24F3N3O2.C15H20F2O2.CH4S/c1-11(2)8-14(16(21)25)23-10-12(4-7-22-5-3-6-22)13(9-15(23)24)17(18,19)20;1-6-19-14(18)8-7-13(16)15(17)12(5)9-11(4)10(2)3;1-2/h9-11,14H,3-8H2,1-2H3,(H2,21,25);7-10H,4,6H2,1-3,5H3;2H,1H3/b;8-7-,12-9-,15-13+;. The molecule has 1 aliphatic rings. The molecule has 1 unspecified atom stereocenters. The first-order chi connectivity index (χ1) is 21.4. The fourth-order valence-electron chi connectivity index (χ4n) is 4.10. The summed E-state index contributed by atoms with van der Waals surface area (Å²) in [4.78, 5) is 37.0. The molecule has 0 aromatic carbocycles. The molecule has 1 saturated heterocycles. The van der Waals surface area contributed by atoms with Crippen LogP contribution in [0.5, 0.6) is 0 Å². The zero-order valence-electron chi connectivity index (χ0n) is 27.7. The number of allylic oxidation sites excluding steroid dienone is 6. The first kappa shape index (κ1) is 42.8. The molecular formula is C33H48F5N3O4S. The van der Waals surface area contributed by atoms with Crippen molar-refractivity contribution in [1.29, 1.82) is 0 Å². The summed E-state index contributed by atoms with van der Waals surface area (Å²) in [5, 5.41) is 0. The first-order valence-corrected chi connectivity index (χ1v) is 15.8. The van der Waals surface area contributed by atoms with Gasteiger partial charge in [0.2, 0.25) is 5.91 Å². The van der Waals surface area contributed by atoms with Crippen molar-refractivity contribution in [3.05, 3.63) is 81.4 Å². The van der Waals surface area contributed by atoms with Crippen LogP contribution in [-0.4, -0.2) is 53.8 Å². The van der Waals surface area contributed by atoms with E-state index < -0.39 is 46.9 Å². The fraction of sp³-hybridized carbons (Fsp3) is 0.545. The minimum atomic E-state index is -4.61. The number of halogens is 5. The van der Waals surface area contributed by atoms with Gasteiger partial charge in [0.15, 0.2) is 11.7 Å². The maximum Gasteiger partial charge on any atom is 0.416 e. The number of pyridine rings is 1. The van der Waals surface area contributed by atoms with Gasteiger partial charge in [0.25, 0.3) is 5.56 Å². The van der Waals surface area contributed by atoms with E-state index in [1.54, 1.807) is 13.2 Å². The van der Waals surface area contributed by atoms with Gasteiger partial charge in [-0.1, -0.05) is 45.9 Å². The summed E-state index contributed by atoms with van der Waals surface area (Å²) >= 11 is 3.53. The zero-order valence-corrected chi connectivity index (χ0v) is 28.6. The number of nitrogens with zero attached hydrogens (tertiary/aromatic N) is 2. The van der Waals surface area contributed by atoms with Gasteiger partial charge in [-0.15, -0.1) is 0 Å². The van der Waals surface area contributed by atoms with Gasteiger partial charge in [0.1, 0.15) is 6.04 Å². The number of amides is 1. The molecule has 0 radical (unpaired) electrons. The Morgan fingerprint density at radius 3 is 2.15 bits per heavy atom. The van der Waals surface area contributed by atoms with Gasteiger partial charge in [0, 0.05) is 24.9 Å². The van der Waals surface area contributed by atoms with E-state index in [-0.39, 0.29) is 36.0 Å². The molecule has 2 N–H and O–H groups in total. The third-order valence-corrected chi connectivity index (χ3v) is 6.83. The second kappa shape index (κ2) is 20.8. The number of carbonyl (C=O) groups excluding carboxylic acids is 2. The average molecular weight is 678 g/mol. The Bertz CT molecular complexity index is 1310. The lowest BCUT2D eigenvalue weighted by molar-refractivity contribution is -0.138. The van der Waals surface area contributed by atoms with Gasteiger partial charge < -0.3 is 19.9 Å². The van der Waals surface area contributed by atoms with E-state index in [4.69, 9.17) is 5.73 Å². The van der Waals surface area contributed by atoms with Gasteiger partial charge in [0.05, 0.1) is 12.2 Å². The van der Waals surface area contributed by atoms with E-state index >= 15 is 0 Å². The Morgan fingerprint density at radius 2 is 1.72 bits per heavy atom. The summed E-state index contributed by atoms with van der Waals surface area (Å²) in [5.74, 6) is -3.33. The molecule has 1 amide bonds. The maximum absolute atomic E-state index is 13.6. The minimum absolute atomic E-state index is 0.0222. The summed E-state index contributed by atoms with van der Waals surface area (Å²) in [5.41, 5.74) is 4.45. The number of rotatable bonds is 13. The SMILES string of the molecule is C=C(\C=C(C)/C(F)=C(F)/C=C\C(=O)OCC)C(C)C.CC(C)CC(C(N)=O)n1cc(CCN2CCC2)c(C(F)(F)F)cc1=O.CS. The molecule has 0 spiro atoms. The second-order valence-corrected chi connectivity index (χ2v) is 11.3. The number of aromatic nitrogens is 1. The van der Waals surface area contributed by atoms with E-state index in [1.807, 2.05) is 27.7 Å². The van der Waals surface area contributed by atoms with Crippen molar-refractivity contribution in [1.82, 2.24) is 9.47 Å². The van der Waals surface area contributed by atoms with Crippen molar-refractivity contribution >= 4 is 24.5 Å². The highest BCUT2D eigenvalue weighted by Gasteiger charge is 2.35. The molecule has 1 aromatic rings. The van der Waals surface area contributed by atoms with Gasteiger partial charge in [-0.3, -0.25) is 9.59 Å². The number of esters is 1. The minimum Gasteiger partial charge on any atom is -0.463 e. The quantitative estimate of drug-likeness (QED) is 0.0761. The molecule has 2 heterocycles. The maximum atomic E-state index is 13.6. The lowest BCUT2D eigenvalue weighted by Gasteiger charge is -2.31. The van der Waals surface area contributed by atoms with Crippen molar-refractivity contribution in [2.45, 2.75) is 73.0 Å². The van der Waals surface area contributed by atoms with Gasteiger partial charge in [-0.2, -0.15) is 25.8 Å². The summed E-state index contributed by atoms with van der Waals surface area (Å²) < 4.78 is 72.6. The van der Waals surface area contributed by atoms with Crippen LogP contribution in [0.4, 0.5) is 22.0 Å². The van der Waals surface area contributed by atoms with E-state index in [1.165, 1.54) is 19.2 Å². The highest BCUT2D eigenvalue weighted by Crippen LogP contribution is 2.32. The summed E-state index contributed by atoms with van der Waals surface area (Å²) in [6.45, 7) is 16.8. The van der Waals surface area contributed by atoms with Gasteiger partial charge >= 0.3 is 12.1 Å². The first-order valence-electron chi connectivity index (χ1n) is 14.9. The normalized spacial score (nSPS) is 14.9. The van der Waals surface area contributed by atoms with Crippen LogP contribution < -0.4 is 11.3 Å². The Kier molecular flexibility index (Phi) is 19.4. The van der Waals surface area contributed by atoms with Crippen molar-refractivity contribution < 1.29 is 36.3 Å². The fourth-order valence-corrected chi connectivity index (χ4v) is 4.10. The molecule has 0 aliphatic carbocycles. The Hall–Kier alpha value is -3.19. The molecule has 2 rings (SSSR count). The number of thiol groups is 1. The molecule has 0 saturated carbocycles. The second-order valence-electron chi connectivity index (χ2n) is 11.3. The molecule has 260 valence electrons. The zero-order chi connectivity index (χ0) is 35.8. The van der Waals surface area contributed by atoms with Crippen molar-refractivity contribution in [3.8, 4) is 0 Å². The van der Waals surface area contributed by atoms with Crippen LogP contribution in [0.1, 0.15) is 71.6 Å². The van der Waals surface area contributed by atoms with Crippen LogP contribution >= 0.6 is 12.6 Å². The number of ether oxygens (including phenoxy) is 1. The lowest BCUT2D eigenvalue weighted by Crippen LogP contribution is -2.39. The van der Waals surface area contributed by atoms with Crippen molar-refractivity contribution in [2.75, 3.05) is 32.5 Å². The van der Waals surface area contributed by atoms with Crippen molar-refractivity contribution in [3.63, 3.8) is 0 Å². The number of primary amides is 1. The molecular weight excluding hydrogens is 629 g/mol. The van der Waals surface area contributed by atoms with E-state index in [0.29, 0.717) is 24.6 Å². The average Bonchev–Trinajstić information content (AvgIpc) is 2.94. The summed E-state index contributed by atoms with van der Waals surface area (Å²) in [6.07, 6.45) is 2.85. The summed E-state index contributed by atoms with van der Waals surface area (Å²) in [7, 11) is 0. The number of nitrogens with two attached hydrogens (primary N) is 1. The lowest BCUT2D eigenvalue weighted by atomic mass is 10.0. The Morgan fingerprint density at radius 1 is 1.13 bits per heavy atom. The Balaban J connectivity index is 0.000000867. The molecule has 13 heteroatoms. The molecule has 0 bridgehead atoms. The molecule has 7 nitrogen and oxygen atoms in total. The van der Waals surface area contributed by atoms with E-state index in [2.05, 4.69) is 28.8 Å². The highest BCUT2D eigenvalue weighted by molar-refractivity contribution is 7.79. The smallest absolute Gasteiger partial charge is 0.416 e. The Labute approximate surface area is 274 Å². The van der Waals surface area contributed by atoms with Crippen molar-refractivity contribution in [2.24, 2.45) is 17.6 Å². The predicted octanol–water partition coefficient (Wildman–Crippen LogP) is 7.15. The largest absolute Gasteiger partial charge is 0.463 e. The topological polar surface area (TPSA) is 94.6 Å². The monoisotopic (exact) mass is 677 g/mol. The summed E-state index contributed by atoms with van der Waals surface area (Å²) in [6, 6.07) is -0.362. The number of alkyl halides is 3. The number of likely N-dealkylation sites (tertiary alicyclic amines) is 1. The molecule has 1 aliphatic heterocycles. The number of carbonyl (C=O) groups is 2. The third-order valence-electron chi connectivity index (χ3n) is 6.83. The van der Waals surface area contributed by atoms with Crippen LogP contribution in [-0.2, 0) is 26.9 Å². The van der Waals surface area contributed by atoms with Gasteiger partial charge in [-0.25, -0.2) is 13.6 Å². The molecule has 1 atom stereocenters. The number of hydrogen-bond donors (Lipinski definition) is 2. The predicted molar refractivity (Wildman–Crippen MR) is 176 cm³/mol. The van der Waals surface area contributed by atoms with Crippen LogP contribution in [0.25, 0.3) is 0 Å². The number of hydrogen-bond acceptors (Lipinski definition) is 6. The van der Waals surface area contributed by atoms with Gasteiger partial charge in [-0.05, 0) is 81.5 Å². The van der Waals surface area contributed by atoms with E-state index in [9.17, 15) is 36.3 Å². The van der Waals surface area contributed by atoms with Crippen LogP contribution in [0, 0.1) is 11.8 Å². The molecule has 1 aromatic heterocycles. The molecule has 46 heavy (non-hydrogen) atoms. The van der Waals surface area contributed by atoms with E-state index in [0.717, 1.165) is 36.2 Å². The third kappa shape index (κ3) is 14.9. The van der Waals surface area contributed by atoms with Crippen LogP contribution in [0.3, 0.4) is 0 Å². The van der Waals surface area contributed by atoms with Crippen LogP contribution in [0.2, 0.25) is 0 Å².